The Hall–Kier alpha value is -4.90. The van der Waals surface area contributed by atoms with Crippen molar-refractivity contribution >= 4 is 11.7 Å². The van der Waals surface area contributed by atoms with E-state index in [-0.39, 0.29) is 18.0 Å². The summed E-state index contributed by atoms with van der Waals surface area (Å²) in [6.45, 7) is 4.23. The molecule has 0 saturated carbocycles. The van der Waals surface area contributed by atoms with Crippen LogP contribution in [0.15, 0.2) is 121 Å². The van der Waals surface area contributed by atoms with Gasteiger partial charge in [0.05, 0.1) is 5.41 Å². The molecule has 246 valence electrons. The lowest BCUT2D eigenvalue weighted by Gasteiger charge is -2.38. The van der Waals surface area contributed by atoms with Gasteiger partial charge in [-0.05, 0) is 101 Å². The predicted octanol–water partition coefficient (Wildman–Crippen LogP) is 9.68. The summed E-state index contributed by atoms with van der Waals surface area (Å²) in [7, 11) is 0. The van der Waals surface area contributed by atoms with Gasteiger partial charge in [-0.2, -0.15) is 0 Å². The van der Waals surface area contributed by atoms with Gasteiger partial charge in [-0.25, -0.2) is 8.78 Å². The van der Waals surface area contributed by atoms with Crippen LogP contribution < -0.4 is 5.73 Å². The van der Waals surface area contributed by atoms with Gasteiger partial charge in [-0.15, -0.1) is 0 Å². The maximum Gasteiger partial charge on any atom is 0.232 e. The van der Waals surface area contributed by atoms with Crippen LogP contribution in [0.25, 0.3) is 11.1 Å². The summed E-state index contributed by atoms with van der Waals surface area (Å²) in [5.41, 5.74) is 11.2. The zero-order valence-corrected chi connectivity index (χ0v) is 27.7. The molecule has 0 heterocycles. The van der Waals surface area contributed by atoms with Gasteiger partial charge in [-0.3, -0.25) is 9.59 Å². The lowest BCUT2D eigenvalue weighted by Crippen LogP contribution is -2.46. The average Bonchev–Trinajstić information content (AvgIpc) is 3.10. The molecule has 1 amide bonds. The molecule has 48 heavy (non-hydrogen) atoms. The van der Waals surface area contributed by atoms with Gasteiger partial charge in [-0.1, -0.05) is 124 Å². The van der Waals surface area contributed by atoms with E-state index in [2.05, 4.69) is 13.8 Å². The zero-order chi connectivity index (χ0) is 34.1. The third-order valence-electron chi connectivity index (χ3n) is 9.32. The van der Waals surface area contributed by atoms with Gasteiger partial charge < -0.3 is 5.73 Å². The van der Waals surface area contributed by atoms with Crippen LogP contribution in [-0.2, 0) is 34.3 Å². The fourth-order valence-electron chi connectivity index (χ4n) is 6.86. The van der Waals surface area contributed by atoms with Crippen LogP contribution in [0.5, 0.6) is 0 Å². The highest BCUT2D eigenvalue weighted by Gasteiger charge is 2.48. The maximum atomic E-state index is 15.7. The molecule has 5 heteroatoms. The minimum atomic E-state index is -1.41. The first-order chi connectivity index (χ1) is 23.3. The van der Waals surface area contributed by atoms with Crippen LogP contribution in [0.2, 0.25) is 0 Å². The van der Waals surface area contributed by atoms with Crippen molar-refractivity contribution < 1.29 is 18.4 Å². The quantitative estimate of drug-likeness (QED) is 0.116. The highest BCUT2D eigenvalue weighted by molar-refractivity contribution is 6.12. The van der Waals surface area contributed by atoms with E-state index in [4.69, 9.17) is 5.73 Å². The number of carbonyl (C=O) groups is 2. The number of halogens is 2. The summed E-state index contributed by atoms with van der Waals surface area (Å²) in [4.78, 5) is 29.3. The lowest BCUT2D eigenvalue weighted by atomic mass is 9.62. The third kappa shape index (κ3) is 7.46. The fraction of sp³-hybridized carbons (Fsp3) is 0.256. The minimum Gasteiger partial charge on any atom is -0.369 e. The number of benzene rings is 5. The van der Waals surface area contributed by atoms with E-state index in [1.165, 1.54) is 24.3 Å². The predicted molar refractivity (Wildman–Crippen MR) is 190 cm³/mol. The summed E-state index contributed by atoms with van der Waals surface area (Å²) in [6, 6.07) is 35.7. The molecular formula is C43H43F2NO2. The second-order valence-corrected chi connectivity index (χ2v) is 12.6. The van der Waals surface area contributed by atoms with E-state index in [1.54, 1.807) is 24.3 Å². The number of ketones is 1. The Kier molecular flexibility index (Phi) is 11.3. The third-order valence-corrected chi connectivity index (χ3v) is 9.32. The summed E-state index contributed by atoms with van der Waals surface area (Å²) >= 11 is 0. The second kappa shape index (κ2) is 15.8. The van der Waals surface area contributed by atoms with Crippen molar-refractivity contribution in [1.29, 1.82) is 0 Å². The van der Waals surface area contributed by atoms with Gasteiger partial charge in [0.1, 0.15) is 17.6 Å². The number of Topliss-reactive ketones (excluding diaryl/α,β-unsaturated/α-hetero) is 1. The summed E-state index contributed by atoms with van der Waals surface area (Å²) < 4.78 is 28.4. The zero-order valence-electron chi connectivity index (χ0n) is 27.7. The molecule has 0 aliphatic rings. The Morgan fingerprint density at radius 1 is 0.667 bits per heavy atom. The Morgan fingerprint density at radius 3 is 1.90 bits per heavy atom. The number of amides is 1. The van der Waals surface area contributed by atoms with E-state index in [9.17, 15) is 13.6 Å². The van der Waals surface area contributed by atoms with E-state index < -0.39 is 23.1 Å². The highest BCUT2D eigenvalue weighted by atomic mass is 19.1. The number of carbonyl (C=O) groups excluding carboxylic acids is 2. The van der Waals surface area contributed by atoms with E-state index in [0.29, 0.717) is 17.5 Å². The van der Waals surface area contributed by atoms with Gasteiger partial charge >= 0.3 is 0 Å². The van der Waals surface area contributed by atoms with Gasteiger partial charge in [0.15, 0.2) is 5.78 Å². The van der Waals surface area contributed by atoms with Crippen molar-refractivity contribution in [3.8, 4) is 11.1 Å². The molecular weight excluding hydrogens is 600 g/mol. The number of aryl methyl sites for hydroxylation is 2. The number of unbranched alkanes of at least 4 members (excludes halogenated alkanes) is 2. The first-order valence-electron chi connectivity index (χ1n) is 16.9. The molecule has 0 spiro atoms. The average molecular weight is 644 g/mol. The summed E-state index contributed by atoms with van der Waals surface area (Å²) in [6.07, 6.45) is 5.35. The summed E-state index contributed by atoms with van der Waals surface area (Å²) in [5, 5.41) is 0. The van der Waals surface area contributed by atoms with E-state index in [0.717, 1.165) is 65.5 Å². The number of rotatable bonds is 15. The molecule has 3 nitrogen and oxygen atoms in total. The Balaban J connectivity index is 1.80. The molecule has 2 atom stereocenters. The minimum absolute atomic E-state index is 0.191. The molecule has 0 aliphatic heterocycles. The molecule has 0 bridgehead atoms. The van der Waals surface area contributed by atoms with Gasteiger partial charge in [0, 0.05) is 0 Å². The Morgan fingerprint density at radius 2 is 1.25 bits per heavy atom. The number of hydrogen-bond acceptors (Lipinski definition) is 2. The SMILES string of the molecule is CCCCc1ccccc1C(C(N)=O)C(=O)C(Cc1cccc(-c2ccc(F)cc2)c1)(c1ccc(F)cc1)c1ccccc1CCCC. The Labute approximate surface area is 282 Å². The first-order valence-corrected chi connectivity index (χ1v) is 16.9. The maximum absolute atomic E-state index is 15.7. The first kappa shape index (κ1) is 34.4. The van der Waals surface area contributed by atoms with E-state index >= 15 is 4.79 Å². The standard InChI is InChI=1S/C43H43F2NO2/c1-3-5-13-32-15-7-9-18-38(32)40(42(46)48)41(47)43(35-22-26-37(45)27-23-35,39-19-10-8-16-33(39)14-6-4-2)29-30-12-11-17-34(28-30)31-20-24-36(44)25-21-31/h7-12,15-28,40H,3-6,13-14,29H2,1-2H3,(H2,46,48). The van der Waals surface area contributed by atoms with Crippen molar-refractivity contribution in [2.75, 3.05) is 0 Å². The van der Waals surface area contributed by atoms with Gasteiger partial charge in [0.2, 0.25) is 5.91 Å². The second-order valence-electron chi connectivity index (χ2n) is 12.6. The molecule has 5 rings (SSSR count). The van der Waals surface area contributed by atoms with Gasteiger partial charge in [0.25, 0.3) is 0 Å². The number of nitrogens with two attached hydrogens (primary N) is 1. The van der Waals surface area contributed by atoms with Crippen molar-refractivity contribution in [3.63, 3.8) is 0 Å². The molecule has 0 fully saturated rings. The molecule has 0 aromatic heterocycles. The van der Waals surface area contributed by atoms with Crippen molar-refractivity contribution in [1.82, 2.24) is 0 Å². The Bertz CT molecular complexity index is 1850. The van der Waals surface area contributed by atoms with Crippen LogP contribution >= 0.6 is 0 Å². The lowest BCUT2D eigenvalue weighted by molar-refractivity contribution is -0.131. The molecule has 0 aliphatic carbocycles. The van der Waals surface area contributed by atoms with Crippen LogP contribution in [-0.4, -0.2) is 11.7 Å². The molecule has 5 aromatic carbocycles. The van der Waals surface area contributed by atoms with Crippen LogP contribution in [0.4, 0.5) is 8.78 Å². The molecule has 5 aromatic rings. The highest BCUT2D eigenvalue weighted by Crippen LogP contribution is 2.44. The van der Waals surface area contributed by atoms with Crippen LogP contribution in [0.3, 0.4) is 0 Å². The molecule has 2 N–H and O–H groups in total. The van der Waals surface area contributed by atoms with Crippen molar-refractivity contribution in [3.05, 3.63) is 166 Å². The molecule has 0 radical (unpaired) electrons. The number of hydrogen-bond donors (Lipinski definition) is 1. The normalized spacial score (nSPS) is 13.1. The van der Waals surface area contributed by atoms with Crippen LogP contribution in [0, 0.1) is 11.6 Å². The molecule has 2 unspecified atom stereocenters. The van der Waals surface area contributed by atoms with Crippen molar-refractivity contribution in [2.24, 2.45) is 5.73 Å². The largest absolute Gasteiger partial charge is 0.369 e. The topological polar surface area (TPSA) is 60.2 Å². The van der Waals surface area contributed by atoms with Crippen LogP contribution in [0.1, 0.15) is 78.8 Å². The smallest absolute Gasteiger partial charge is 0.232 e. The number of primary amides is 1. The molecule has 0 saturated heterocycles. The monoisotopic (exact) mass is 643 g/mol. The fourth-order valence-corrected chi connectivity index (χ4v) is 6.86. The van der Waals surface area contributed by atoms with E-state index in [1.807, 2.05) is 72.8 Å². The summed E-state index contributed by atoms with van der Waals surface area (Å²) in [5.74, 6) is -3.06. The van der Waals surface area contributed by atoms with Crippen molar-refractivity contribution in [2.45, 2.75) is 70.1 Å².